The first-order valence-corrected chi connectivity index (χ1v) is 12.2. The summed E-state index contributed by atoms with van der Waals surface area (Å²) in [6.45, 7) is 11.0. The summed E-state index contributed by atoms with van der Waals surface area (Å²) in [6.07, 6.45) is 3.41. The number of anilines is 1. The maximum absolute atomic E-state index is 13.1. The van der Waals surface area contributed by atoms with E-state index in [4.69, 9.17) is 0 Å². The molecule has 1 fully saturated rings. The van der Waals surface area contributed by atoms with E-state index in [9.17, 15) is 4.39 Å². The summed E-state index contributed by atoms with van der Waals surface area (Å²) in [4.78, 5) is 7.64. The van der Waals surface area contributed by atoms with Gasteiger partial charge in [-0.05, 0) is 67.7 Å². The van der Waals surface area contributed by atoms with Gasteiger partial charge in [0.1, 0.15) is 5.82 Å². The Kier molecular flexibility index (Phi) is 6.20. The number of benzene rings is 2. The maximum atomic E-state index is 13.1. The van der Waals surface area contributed by atoms with Crippen molar-refractivity contribution in [2.75, 3.05) is 50.7 Å². The van der Waals surface area contributed by atoms with Crippen molar-refractivity contribution in [1.29, 1.82) is 0 Å². The van der Waals surface area contributed by atoms with Crippen molar-refractivity contribution < 1.29 is 4.39 Å². The lowest BCUT2D eigenvalue weighted by Crippen LogP contribution is -2.47. The minimum absolute atomic E-state index is 0.156. The highest BCUT2D eigenvalue weighted by atomic mass is 19.1. The molecule has 4 nitrogen and oxygen atoms in total. The van der Waals surface area contributed by atoms with Gasteiger partial charge in [0.05, 0.1) is 5.52 Å². The Bertz CT molecular complexity index is 1060. The quantitative estimate of drug-likeness (QED) is 0.590. The van der Waals surface area contributed by atoms with Gasteiger partial charge in [0.2, 0.25) is 0 Å². The number of halogens is 1. The van der Waals surface area contributed by atoms with E-state index in [0.29, 0.717) is 0 Å². The molecule has 0 aliphatic carbocycles. The van der Waals surface area contributed by atoms with Gasteiger partial charge < -0.3 is 9.47 Å². The fourth-order valence-corrected chi connectivity index (χ4v) is 5.46. The Balaban J connectivity index is 1.26. The number of piperazine rings is 1. The van der Waals surface area contributed by atoms with E-state index in [-0.39, 0.29) is 5.82 Å². The molecule has 2 aromatic carbocycles. The van der Waals surface area contributed by atoms with Crippen LogP contribution in [0.5, 0.6) is 0 Å². The Morgan fingerprint density at radius 1 is 0.906 bits per heavy atom. The Morgan fingerprint density at radius 3 is 2.44 bits per heavy atom. The molecule has 5 heteroatoms. The van der Waals surface area contributed by atoms with Crippen LogP contribution < -0.4 is 4.90 Å². The number of hydrogen-bond donors (Lipinski definition) is 0. The fraction of sp³-hybridized carbons (Fsp3) is 0.481. The molecule has 5 rings (SSSR count). The third kappa shape index (κ3) is 4.28. The molecule has 0 amide bonds. The molecule has 170 valence electrons. The third-order valence-electron chi connectivity index (χ3n) is 7.51. The Hall–Kier alpha value is -2.37. The van der Waals surface area contributed by atoms with E-state index in [1.54, 1.807) is 17.7 Å². The zero-order valence-corrected chi connectivity index (χ0v) is 19.5. The first-order chi connectivity index (χ1) is 15.6. The van der Waals surface area contributed by atoms with E-state index in [0.717, 1.165) is 52.2 Å². The van der Waals surface area contributed by atoms with Crippen molar-refractivity contribution in [2.45, 2.75) is 32.7 Å². The average molecular weight is 435 g/mol. The molecule has 0 unspecified atom stereocenters. The smallest absolute Gasteiger partial charge is 0.123 e. The predicted octanol–water partition coefficient (Wildman–Crippen LogP) is 4.45. The first kappa shape index (κ1) is 21.5. The minimum Gasteiger partial charge on any atom is -0.369 e. The lowest BCUT2D eigenvalue weighted by atomic mass is 10.1. The first-order valence-electron chi connectivity index (χ1n) is 12.2. The minimum atomic E-state index is -0.156. The molecule has 1 saturated heterocycles. The van der Waals surface area contributed by atoms with Gasteiger partial charge in [0, 0.05) is 63.1 Å². The van der Waals surface area contributed by atoms with Crippen LogP contribution in [0.2, 0.25) is 0 Å². The van der Waals surface area contributed by atoms with Crippen molar-refractivity contribution >= 4 is 16.6 Å². The molecule has 2 aliphatic rings. The summed E-state index contributed by atoms with van der Waals surface area (Å²) >= 11 is 0. The Labute approximate surface area is 191 Å². The molecule has 2 aliphatic heterocycles. The van der Waals surface area contributed by atoms with E-state index in [1.165, 1.54) is 47.2 Å². The largest absolute Gasteiger partial charge is 0.369 e. The van der Waals surface area contributed by atoms with Gasteiger partial charge in [-0.2, -0.15) is 0 Å². The number of rotatable bonds is 5. The third-order valence-corrected chi connectivity index (χ3v) is 7.51. The van der Waals surface area contributed by atoms with Gasteiger partial charge in [0.25, 0.3) is 0 Å². The maximum Gasteiger partial charge on any atom is 0.123 e. The van der Waals surface area contributed by atoms with Crippen LogP contribution in [0.25, 0.3) is 10.9 Å². The number of hydrogen-bond acceptors (Lipinski definition) is 3. The highest BCUT2D eigenvalue weighted by Crippen LogP contribution is 2.32. The molecule has 0 N–H and O–H groups in total. The monoisotopic (exact) mass is 434 g/mol. The molecule has 0 bridgehead atoms. The molecule has 32 heavy (non-hydrogen) atoms. The summed E-state index contributed by atoms with van der Waals surface area (Å²) < 4.78 is 15.6. The van der Waals surface area contributed by atoms with Crippen molar-refractivity contribution in [2.24, 2.45) is 7.05 Å². The molecule has 3 heterocycles. The van der Waals surface area contributed by atoms with Gasteiger partial charge in [0.15, 0.2) is 0 Å². The normalized spacial score (nSPS) is 18.2. The van der Waals surface area contributed by atoms with Crippen molar-refractivity contribution in [3.63, 3.8) is 0 Å². The Morgan fingerprint density at radius 2 is 1.69 bits per heavy atom. The number of fused-ring (bicyclic) bond motifs is 3. The van der Waals surface area contributed by atoms with Gasteiger partial charge >= 0.3 is 0 Å². The summed E-state index contributed by atoms with van der Waals surface area (Å²) in [6, 6.07) is 14.0. The van der Waals surface area contributed by atoms with Gasteiger partial charge in [-0.3, -0.25) is 9.80 Å². The SMILES string of the molecule is CCN1CCCc2c(c3ccc(N4CCN(CCc5ccc(F)cc5)CC4)cc3n2C)C1. The fourth-order valence-electron chi connectivity index (χ4n) is 5.46. The van der Waals surface area contributed by atoms with Crippen LogP contribution in [-0.2, 0) is 26.4 Å². The number of aryl methyl sites for hydroxylation is 1. The molecule has 3 aromatic rings. The standard InChI is InChI=1S/C27H35FN4/c1-3-30-13-4-5-26-25(20-30)24-11-10-23(19-27(24)29(26)2)32-17-15-31(16-18-32)14-12-21-6-8-22(28)9-7-21/h6-11,19H,3-5,12-18,20H2,1-2H3. The molecule has 1 aromatic heterocycles. The molecule has 0 spiro atoms. The van der Waals surface area contributed by atoms with E-state index in [2.05, 4.69) is 51.4 Å². The summed E-state index contributed by atoms with van der Waals surface area (Å²) in [7, 11) is 2.25. The van der Waals surface area contributed by atoms with E-state index in [1.807, 2.05) is 12.1 Å². The second kappa shape index (κ2) is 9.24. The molecule has 0 atom stereocenters. The van der Waals surface area contributed by atoms with Crippen molar-refractivity contribution in [1.82, 2.24) is 14.4 Å². The summed E-state index contributed by atoms with van der Waals surface area (Å²) in [5.41, 5.74) is 7.00. The van der Waals surface area contributed by atoms with E-state index >= 15 is 0 Å². The topological polar surface area (TPSA) is 14.7 Å². The molecular formula is C27H35FN4. The molecule has 0 radical (unpaired) electrons. The predicted molar refractivity (Wildman–Crippen MR) is 131 cm³/mol. The number of nitrogens with zero attached hydrogens (tertiary/aromatic N) is 4. The van der Waals surface area contributed by atoms with Crippen LogP contribution in [0.15, 0.2) is 42.5 Å². The van der Waals surface area contributed by atoms with E-state index < -0.39 is 0 Å². The average Bonchev–Trinajstić information content (AvgIpc) is 2.96. The zero-order valence-electron chi connectivity index (χ0n) is 19.5. The summed E-state index contributed by atoms with van der Waals surface area (Å²) in [5, 5.41) is 1.43. The zero-order chi connectivity index (χ0) is 22.1. The van der Waals surface area contributed by atoms with Crippen LogP contribution >= 0.6 is 0 Å². The van der Waals surface area contributed by atoms with Gasteiger partial charge in [-0.15, -0.1) is 0 Å². The van der Waals surface area contributed by atoms with Crippen LogP contribution in [0, 0.1) is 5.82 Å². The van der Waals surface area contributed by atoms with Crippen LogP contribution in [-0.4, -0.2) is 60.2 Å². The lowest BCUT2D eigenvalue weighted by molar-refractivity contribution is 0.261. The van der Waals surface area contributed by atoms with Gasteiger partial charge in [-0.25, -0.2) is 4.39 Å². The second-order valence-electron chi connectivity index (χ2n) is 9.36. The van der Waals surface area contributed by atoms with Crippen LogP contribution in [0.3, 0.4) is 0 Å². The van der Waals surface area contributed by atoms with Crippen LogP contribution in [0.4, 0.5) is 10.1 Å². The van der Waals surface area contributed by atoms with Crippen molar-refractivity contribution in [3.8, 4) is 0 Å². The highest BCUT2D eigenvalue weighted by Gasteiger charge is 2.22. The van der Waals surface area contributed by atoms with Gasteiger partial charge in [-0.1, -0.05) is 25.1 Å². The molecule has 0 saturated carbocycles. The lowest BCUT2D eigenvalue weighted by Gasteiger charge is -2.36. The number of aromatic nitrogens is 1. The summed E-state index contributed by atoms with van der Waals surface area (Å²) in [5.74, 6) is -0.156. The van der Waals surface area contributed by atoms with Crippen LogP contribution in [0.1, 0.15) is 30.2 Å². The highest BCUT2D eigenvalue weighted by molar-refractivity contribution is 5.88. The van der Waals surface area contributed by atoms with Crippen molar-refractivity contribution in [3.05, 3.63) is 65.1 Å². The second-order valence-corrected chi connectivity index (χ2v) is 9.36. The molecular weight excluding hydrogens is 399 g/mol.